The molecule has 0 spiro atoms. The molecule has 1 saturated heterocycles. The van der Waals surface area contributed by atoms with Gasteiger partial charge in [0.25, 0.3) is 5.56 Å². The van der Waals surface area contributed by atoms with Gasteiger partial charge >= 0.3 is 0 Å². The Labute approximate surface area is 113 Å². The maximum atomic E-state index is 11.7. The van der Waals surface area contributed by atoms with E-state index in [1.165, 1.54) is 13.4 Å². The molecule has 1 fully saturated rings. The zero-order valence-corrected chi connectivity index (χ0v) is 10.8. The molecule has 5 N–H and O–H groups in total. The molecule has 20 heavy (non-hydrogen) atoms. The maximum Gasteiger partial charge on any atom is 0.275 e. The Morgan fingerprint density at radius 3 is 2.95 bits per heavy atom. The number of fused-ring (bicyclic) bond motifs is 1. The van der Waals surface area contributed by atoms with Crippen LogP contribution in [0.25, 0.3) is 11.0 Å². The number of rotatable bonds is 3. The Kier molecular flexibility index (Phi) is 3.30. The molecular weight excluding hydrogens is 264 g/mol. The van der Waals surface area contributed by atoms with E-state index >= 15 is 0 Å². The highest BCUT2D eigenvalue weighted by Gasteiger charge is 2.43. The Balaban J connectivity index is 2.06. The fraction of sp³-hybridized carbons (Fsp3) is 0.500. The van der Waals surface area contributed by atoms with Crippen molar-refractivity contribution in [2.45, 2.75) is 24.3 Å². The highest BCUT2D eigenvalue weighted by molar-refractivity contribution is 5.78. The van der Waals surface area contributed by atoms with Crippen LogP contribution in [0.3, 0.4) is 0 Å². The number of H-pyrrole nitrogens is 2. The number of aliphatic hydroxyl groups excluding tert-OH is 2. The minimum atomic E-state index is -0.832. The number of aromatic amines is 2. The van der Waals surface area contributed by atoms with Crippen molar-refractivity contribution in [1.82, 2.24) is 20.3 Å². The summed E-state index contributed by atoms with van der Waals surface area (Å²) in [5.41, 5.74) is 1.38. The summed E-state index contributed by atoms with van der Waals surface area (Å²) >= 11 is 0. The number of nitrogens with one attached hydrogen (secondary N) is 3. The predicted octanol–water partition coefficient (Wildman–Crippen LogP) is -1.37. The van der Waals surface area contributed by atoms with Crippen LogP contribution < -0.4 is 10.9 Å². The molecule has 0 aliphatic carbocycles. The SMILES string of the molecule is COC1[C@@H](O)[C@@H](CO)N[C@H]1c1c[nH]c2c(=O)[nH]cnc12. The van der Waals surface area contributed by atoms with Gasteiger partial charge < -0.3 is 30.2 Å². The van der Waals surface area contributed by atoms with Crippen molar-refractivity contribution in [2.75, 3.05) is 13.7 Å². The first-order valence-corrected chi connectivity index (χ1v) is 6.29. The van der Waals surface area contributed by atoms with Gasteiger partial charge in [-0.3, -0.25) is 4.79 Å². The molecule has 1 unspecified atom stereocenters. The number of aliphatic hydroxyl groups is 2. The maximum absolute atomic E-state index is 11.7. The van der Waals surface area contributed by atoms with E-state index in [4.69, 9.17) is 4.74 Å². The molecule has 2 aromatic rings. The zero-order chi connectivity index (χ0) is 14.3. The third-order valence-corrected chi connectivity index (χ3v) is 3.77. The largest absolute Gasteiger partial charge is 0.395 e. The van der Waals surface area contributed by atoms with Gasteiger partial charge in [0.1, 0.15) is 17.1 Å². The fourth-order valence-electron chi connectivity index (χ4n) is 2.76. The minimum Gasteiger partial charge on any atom is -0.395 e. The van der Waals surface area contributed by atoms with Crippen LogP contribution in [0.5, 0.6) is 0 Å². The van der Waals surface area contributed by atoms with Crippen LogP contribution in [0.4, 0.5) is 0 Å². The molecule has 0 amide bonds. The van der Waals surface area contributed by atoms with Crippen LogP contribution in [0.1, 0.15) is 11.6 Å². The quantitative estimate of drug-likeness (QED) is 0.473. The van der Waals surface area contributed by atoms with Crippen molar-refractivity contribution in [3.05, 3.63) is 28.4 Å². The molecule has 3 rings (SSSR count). The lowest BCUT2D eigenvalue weighted by Crippen LogP contribution is -2.36. The molecule has 1 aliphatic heterocycles. The molecule has 8 heteroatoms. The first kappa shape index (κ1) is 13.3. The predicted molar refractivity (Wildman–Crippen MR) is 70.3 cm³/mol. The van der Waals surface area contributed by atoms with Gasteiger partial charge in [0, 0.05) is 18.9 Å². The van der Waals surface area contributed by atoms with Crippen molar-refractivity contribution in [3.8, 4) is 0 Å². The molecule has 0 saturated carbocycles. The minimum absolute atomic E-state index is 0.201. The second kappa shape index (κ2) is 4.98. The van der Waals surface area contributed by atoms with Gasteiger partial charge in [0.05, 0.1) is 31.1 Å². The molecule has 2 aromatic heterocycles. The Hall–Kier alpha value is -1.74. The topological polar surface area (TPSA) is 123 Å². The van der Waals surface area contributed by atoms with Gasteiger partial charge in [-0.15, -0.1) is 0 Å². The van der Waals surface area contributed by atoms with Crippen molar-refractivity contribution in [2.24, 2.45) is 0 Å². The average Bonchev–Trinajstić information content (AvgIpc) is 3.00. The summed E-state index contributed by atoms with van der Waals surface area (Å²) in [6, 6.07) is -0.827. The summed E-state index contributed by atoms with van der Waals surface area (Å²) in [5.74, 6) is 0. The highest BCUT2D eigenvalue weighted by Crippen LogP contribution is 2.32. The monoisotopic (exact) mass is 280 g/mol. The lowest BCUT2D eigenvalue weighted by molar-refractivity contribution is -0.00943. The van der Waals surface area contributed by atoms with Gasteiger partial charge in [-0.05, 0) is 0 Å². The Bertz CT molecular complexity index is 667. The first-order valence-electron chi connectivity index (χ1n) is 6.29. The van der Waals surface area contributed by atoms with Crippen LogP contribution in [-0.4, -0.2) is 57.1 Å². The van der Waals surface area contributed by atoms with Crippen LogP contribution in [-0.2, 0) is 4.74 Å². The molecular formula is C12H16N4O4. The number of hydrogen-bond acceptors (Lipinski definition) is 6. The zero-order valence-electron chi connectivity index (χ0n) is 10.8. The van der Waals surface area contributed by atoms with E-state index in [0.29, 0.717) is 11.0 Å². The summed E-state index contributed by atoms with van der Waals surface area (Å²) in [4.78, 5) is 21.2. The van der Waals surface area contributed by atoms with Crippen LogP contribution in [0.15, 0.2) is 17.3 Å². The summed E-state index contributed by atoms with van der Waals surface area (Å²) < 4.78 is 5.32. The third kappa shape index (κ3) is 1.85. The number of ether oxygens (including phenoxy) is 1. The number of aromatic nitrogens is 3. The van der Waals surface area contributed by atoms with Crippen LogP contribution >= 0.6 is 0 Å². The first-order chi connectivity index (χ1) is 9.67. The number of nitrogens with zero attached hydrogens (tertiary/aromatic N) is 1. The molecule has 0 aromatic carbocycles. The molecule has 108 valence electrons. The normalized spacial score (nSPS) is 30.1. The molecule has 8 nitrogen and oxygen atoms in total. The van der Waals surface area contributed by atoms with Crippen molar-refractivity contribution < 1.29 is 14.9 Å². The second-order valence-electron chi connectivity index (χ2n) is 4.82. The lowest BCUT2D eigenvalue weighted by Gasteiger charge is -2.19. The third-order valence-electron chi connectivity index (χ3n) is 3.77. The smallest absolute Gasteiger partial charge is 0.275 e. The van der Waals surface area contributed by atoms with Gasteiger partial charge in [-0.1, -0.05) is 0 Å². The van der Waals surface area contributed by atoms with Gasteiger partial charge in [0.15, 0.2) is 0 Å². The van der Waals surface area contributed by atoms with E-state index in [-0.39, 0.29) is 18.2 Å². The van der Waals surface area contributed by atoms with Gasteiger partial charge in [-0.25, -0.2) is 4.98 Å². The highest BCUT2D eigenvalue weighted by atomic mass is 16.5. The van der Waals surface area contributed by atoms with Gasteiger partial charge in [0.2, 0.25) is 0 Å². The van der Waals surface area contributed by atoms with E-state index < -0.39 is 18.2 Å². The lowest BCUT2D eigenvalue weighted by atomic mass is 10.0. The van der Waals surface area contributed by atoms with E-state index in [0.717, 1.165) is 5.56 Å². The molecule has 0 bridgehead atoms. The standard InChI is InChI=1S/C12H16N4O4/c1-20-11-8(16-6(3-17)10(11)18)5-2-13-9-7(5)14-4-15-12(9)19/h2,4,6,8,10-11,13,16-18H,3H2,1H3,(H,14,15,19)/t6-,8+,10+,11?/m1/s1. The second-order valence-corrected chi connectivity index (χ2v) is 4.82. The summed E-state index contributed by atoms with van der Waals surface area (Å²) in [6.45, 7) is -0.201. The van der Waals surface area contributed by atoms with E-state index in [1.807, 2.05) is 0 Å². The summed E-state index contributed by atoms with van der Waals surface area (Å²) in [6.07, 6.45) is 1.65. The number of hydrogen-bond donors (Lipinski definition) is 5. The van der Waals surface area contributed by atoms with Crippen LogP contribution in [0, 0.1) is 0 Å². The summed E-state index contributed by atoms with van der Waals surface area (Å²) in [5, 5.41) is 22.5. The molecule has 1 aliphatic rings. The summed E-state index contributed by atoms with van der Waals surface area (Å²) in [7, 11) is 1.50. The van der Waals surface area contributed by atoms with Crippen LogP contribution in [0.2, 0.25) is 0 Å². The fourth-order valence-corrected chi connectivity index (χ4v) is 2.76. The van der Waals surface area contributed by atoms with Gasteiger partial charge in [-0.2, -0.15) is 0 Å². The van der Waals surface area contributed by atoms with Crippen molar-refractivity contribution >= 4 is 11.0 Å². The van der Waals surface area contributed by atoms with E-state index in [9.17, 15) is 15.0 Å². The molecule has 4 atom stereocenters. The molecule has 0 radical (unpaired) electrons. The van der Waals surface area contributed by atoms with Crippen molar-refractivity contribution in [1.29, 1.82) is 0 Å². The van der Waals surface area contributed by atoms with Crippen molar-refractivity contribution in [3.63, 3.8) is 0 Å². The van der Waals surface area contributed by atoms with E-state index in [1.54, 1.807) is 6.20 Å². The Morgan fingerprint density at radius 1 is 1.45 bits per heavy atom. The Morgan fingerprint density at radius 2 is 2.25 bits per heavy atom. The van der Waals surface area contributed by atoms with E-state index in [2.05, 4.69) is 20.3 Å². The number of methoxy groups -OCH3 is 1. The average molecular weight is 280 g/mol. The molecule has 3 heterocycles.